The molecule has 0 saturated carbocycles. The van der Waals surface area contributed by atoms with Crippen molar-refractivity contribution in [2.45, 2.75) is 33.2 Å². The molecule has 2 aromatic rings. The maximum absolute atomic E-state index is 11.6. The third-order valence-corrected chi connectivity index (χ3v) is 3.64. The van der Waals surface area contributed by atoms with Gasteiger partial charge in [-0.05, 0) is 32.9 Å². The summed E-state index contributed by atoms with van der Waals surface area (Å²) >= 11 is 0. The number of aryl methyl sites for hydroxylation is 1. The monoisotopic (exact) mass is 345 g/mol. The molecule has 1 atom stereocenters. The van der Waals surface area contributed by atoms with Crippen LogP contribution in [-0.4, -0.2) is 27.0 Å². The molecule has 0 spiro atoms. The number of aromatic nitrogens is 1. The Morgan fingerprint density at radius 1 is 1.36 bits per heavy atom. The Bertz CT molecular complexity index is 793. The normalized spacial score (nSPS) is 11.6. The van der Waals surface area contributed by atoms with E-state index in [-0.39, 0.29) is 23.7 Å². The molecule has 0 aliphatic heterocycles. The molecule has 1 heterocycles. The number of carboxylic acid groups (broad SMARTS) is 1. The van der Waals surface area contributed by atoms with Crippen LogP contribution < -0.4 is 10.1 Å². The summed E-state index contributed by atoms with van der Waals surface area (Å²) in [5.41, 5.74) is 1.03. The highest BCUT2D eigenvalue weighted by Crippen LogP contribution is 2.39. The summed E-state index contributed by atoms with van der Waals surface area (Å²) in [6, 6.07) is 8.13. The first-order valence-electron chi connectivity index (χ1n) is 7.66. The van der Waals surface area contributed by atoms with E-state index in [1.54, 1.807) is 51.1 Å². The van der Waals surface area contributed by atoms with Gasteiger partial charge in [-0.15, -0.1) is 0 Å². The number of nitrogens with one attached hydrogen (secondary N) is 1. The highest BCUT2D eigenvalue weighted by molar-refractivity contribution is 5.73. The van der Waals surface area contributed by atoms with E-state index in [9.17, 15) is 14.9 Å². The zero-order valence-electron chi connectivity index (χ0n) is 14.1. The van der Waals surface area contributed by atoms with Crippen molar-refractivity contribution in [2.24, 2.45) is 0 Å². The second-order valence-electron chi connectivity index (χ2n) is 5.67. The number of carbonyl (C=O) groups is 1. The van der Waals surface area contributed by atoms with Gasteiger partial charge in [0, 0.05) is 17.3 Å². The van der Waals surface area contributed by atoms with Crippen LogP contribution in [-0.2, 0) is 4.79 Å². The second-order valence-corrected chi connectivity index (χ2v) is 5.67. The van der Waals surface area contributed by atoms with Gasteiger partial charge in [-0.1, -0.05) is 18.2 Å². The average molecular weight is 345 g/mol. The molecular formula is C17H19N3O5. The van der Waals surface area contributed by atoms with Crippen LogP contribution in [0.25, 0.3) is 0 Å². The van der Waals surface area contributed by atoms with Gasteiger partial charge in [0.25, 0.3) is 0 Å². The molecular weight excluding hydrogens is 326 g/mol. The molecule has 0 amide bonds. The van der Waals surface area contributed by atoms with Crippen molar-refractivity contribution < 1.29 is 19.6 Å². The molecule has 8 nitrogen and oxygen atoms in total. The van der Waals surface area contributed by atoms with Gasteiger partial charge in [-0.25, -0.2) is 4.98 Å². The number of para-hydroxylation sites is 1. The van der Waals surface area contributed by atoms with E-state index in [1.807, 2.05) is 0 Å². The average Bonchev–Trinajstić information content (AvgIpc) is 2.52. The summed E-state index contributed by atoms with van der Waals surface area (Å²) in [6.07, 6.45) is -0.174. The first kappa shape index (κ1) is 18.2. The SMILES string of the molecule is Cc1nc(Oc2ccccc2)c([N+](=O)[O-])c(NC(C)CC(=O)O)c1C. The molecule has 25 heavy (non-hydrogen) atoms. The molecule has 2 N–H and O–H groups in total. The highest BCUT2D eigenvalue weighted by Gasteiger charge is 2.28. The maximum Gasteiger partial charge on any atom is 0.354 e. The maximum atomic E-state index is 11.6. The zero-order chi connectivity index (χ0) is 18.6. The molecule has 0 aliphatic rings. The predicted octanol–water partition coefficient (Wildman–Crippen LogP) is 3.67. The third kappa shape index (κ3) is 4.43. The molecule has 132 valence electrons. The first-order chi connectivity index (χ1) is 11.8. The number of carboxylic acids is 1. The largest absolute Gasteiger partial charge is 0.481 e. The second kappa shape index (κ2) is 7.61. The van der Waals surface area contributed by atoms with E-state index in [0.29, 0.717) is 17.0 Å². The van der Waals surface area contributed by atoms with E-state index < -0.39 is 16.9 Å². The lowest BCUT2D eigenvalue weighted by Gasteiger charge is -2.18. The van der Waals surface area contributed by atoms with Gasteiger partial charge < -0.3 is 15.2 Å². The lowest BCUT2D eigenvalue weighted by atomic mass is 10.1. The molecule has 1 aromatic heterocycles. The summed E-state index contributed by atoms with van der Waals surface area (Å²) in [5, 5.41) is 23.4. The van der Waals surface area contributed by atoms with Crippen molar-refractivity contribution >= 4 is 17.3 Å². The molecule has 0 radical (unpaired) electrons. The van der Waals surface area contributed by atoms with E-state index in [4.69, 9.17) is 9.84 Å². The van der Waals surface area contributed by atoms with Crippen molar-refractivity contribution in [3.05, 3.63) is 51.7 Å². The number of pyridine rings is 1. The zero-order valence-corrected chi connectivity index (χ0v) is 14.1. The van der Waals surface area contributed by atoms with Gasteiger partial charge in [-0.2, -0.15) is 0 Å². The fraction of sp³-hybridized carbons (Fsp3) is 0.294. The Kier molecular flexibility index (Phi) is 5.53. The quantitative estimate of drug-likeness (QED) is 0.581. The van der Waals surface area contributed by atoms with Crippen LogP contribution in [0, 0.1) is 24.0 Å². The van der Waals surface area contributed by atoms with Gasteiger partial charge in [0.1, 0.15) is 11.4 Å². The van der Waals surface area contributed by atoms with E-state index >= 15 is 0 Å². The van der Waals surface area contributed by atoms with Gasteiger partial charge in [0.05, 0.1) is 11.3 Å². The van der Waals surface area contributed by atoms with E-state index in [1.165, 1.54) is 0 Å². The summed E-state index contributed by atoms with van der Waals surface area (Å²) in [7, 11) is 0. The molecule has 2 rings (SSSR count). The minimum atomic E-state index is -0.994. The Morgan fingerprint density at radius 3 is 2.56 bits per heavy atom. The molecule has 1 aromatic carbocycles. The molecule has 0 fully saturated rings. The molecule has 0 aliphatic carbocycles. The van der Waals surface area contributed by atoms with Crippen LogP contribution in [0.3, 0.4) is 0 Å². The highest BCUT2D eigenvalue weighted by atomic mass is 16.6. The van der Waals surface area contributed by atoms with Crippen molar-refractivity contribution in [1.29, 1.82) is 0 Å². The topological polar surface area (TPSA) is 115 Å². The van der Waals surface area contributed by atoms with Crippen LogP contribution in [0.5, 0.6) is 11.6 Å². The standard InChI is InChI=1S/C17H19N3O5/c1-10(9-14(21)22)18-15-11(2)12(3)19-17(16(15)20(23)24)25-13-7-5-4-6-8-13/h4-8,10H,9H2,1-3H3,(H,18,19)(H,21,22). The molecule has 8 heteroatoms. The van der Waals surface area contributed by atoms with Crippen LogP contribution in [0.2, 0.25) is 0 Å². The number of hydrogen-bond acceptors (Lipinski definition) is 6. The number of benzene rings is 1. The Balaban J connectivity index is 2.49. The lowest BCUT2D eigenvalue weighted by molar-refractivity contribution is -0.385. The Labute approximate surface area is 144 Å². The number of rotatable bonds is 7. The number of aliphatic carboxylic acids is 1. The van der Waals surface area contributed by atoms with Crippen molar-refractivity contribution in [2.75, 3.05) is 5.32 Å². The van der Waals surface area contributed by atoms with Crippen LogP contribution in [0.1, 0.15) is 24.6 Å². The lowest BCUT2D eigenvalue weighted by Crippen LogP contribution is -2.21. The van der Waals surface area contributed by atoms with Gasteiger partial charge >= 0.3 is 17.5 Å². The smallest absolute Gasteiger partial charge is 0.354 e. The predicted molar refractivity (Wildman–Crippen MR) is 92.2 cm³/mol. The summed E-state index contributed by atoms with van der Waals surface area (Å²) in [6.45, 7) is 5.05. The van der Waals surface area contributed by atoms with Crippen molar-refractivity contribution in [3.63, 3.8) is 0 Å². The fourth-order valence-electron chi connectivity index (χ4n) is 2.33. The van der Waals surface area contributed by atoms with Gasteiger partial charge in [0.2, 0.25) is 0 Å². The van der Waals surface area contributed by atoms with E-state index in [0.717, 1.165) is 0 Å². The van der Waals surface area contributed by atoms with Gasteiger partial charge in [-0.3, -0.25) is 14.9 Å². The molecule has 0 bridgehead atoms. The fourth-order valence-corrected chi connectivity index (χ4v) is 2.33. The molecule has 0 saturated heterocycles. The van der Waals surface area contributed by atoms with Crippen LogP contribution in [0.4, 0.5) is 11.4 Å². The van der Waals surface area contributed by atoms with Crippen LogP contribution >= 0.6 is 0 Å². The summed E-state index contributed by atoms with van der Waals surface area (Å²) < 4.78 is 5.60. The number of nitrogens with zero attached hydrogens (tertiary/aromatic N) is 2. The van der Waals surface area contributed by atoms with Crippen LogP contribution in [0.15, 0.2) is 30.3 Å². The first-order valence-corrected chi connectivity index (χ1v) is 7.66. The number of anilines is 1. The minimum Gasteiger partial charge on any atom is -0.481 e. The number of nitro groups is 1. The number of hydrogen-bond donors (Lipinski definition) is 2. The minimum absolute atomic E-state index is 0.135. The van der Waals surface area contributed by atoms with Gasteiger partial charge in [0.15, 0.2) is 0 Å². The van der Waals surface area contributed by atoms with E-state index in [2.05, 4.69) is 10.3 Å². The summed E-state index contributed by atoms with van der Waals surface area (Å²) in [4.78, 5) is 26.1. The Hall–Kier alpha value is -3.16. The Morgan fingerprint density at radius 2 is 2.00 bits per heavy atom. The molecule has 1 unspecified atom stereocenters. The number of ether oxygens (including phenoxy) is 1. The van der Waals surface area contributed by atoms with Crippen molar-refractivity contribution in [1.82, 2.24) is 4.98 Å². The third-order valence-electron chi connectivity index (χ3n) is 3.64. The summed E-state index contributed by atoms with van der Waals surface area (Å²) in [5.74, 6) is -0.706. The van der Waals surface area contributed by atoms with Crippen molar-refractivity contribution in [3.8, 4) is 11.6 Å².